The molecule has 6 heteroatoms. The Kier molecular flexibility index (Phi) is 5.68. The van der Waals surface area contributed by atoms with E-state index in [1.165, 1.54) is 6.07 Å². The van der Waals surface area contributed by atoms with Gasteiger partial charge in [0.1, 0.15) is 17.9 Å². The third-order valence-corrected chi connectivity index (χ3v) is 3.22. The summed E-state index contributed by atoms with van der Waals surface area (Å²) in [6, 6.07) is 5.34. The number of hydrogen-bond donors (Lipinski definition) is 1. The molecular weight excluding hydrogens is 270 g/mol. The predicted octanol–water partition coefficient (Wildman–Crippen LogP) is 2.87. The van der Waals surface area contributed by atoms with Gasteiger partial charge in [0.05, 0.1) is 11.0 Å². The quantitative estimate of drug-likeness (QED) is 0.616. The summed E-state index contributed by atoms with van der Waals surface area (Å²) >= 11 is 0. The highest BCUT2D eigenvalue weighted by atomic mass is 16.6. The van der Waals surface area contributed by atoms with Crippen LogP contribution in [0.15, 0.2) is 12.1 Å². The summed E-state index contributed by atoms with van der Waals surface area (Å²) in [7, 11) is 0. The first-order chi connectivity index (χ1) is 9.83. The minimum atomic E-state index is -0.780. The normalized spacial score (nSPS) is 13.3. The molecular formula is C15H21N3O3. The Balaban J connectivity index is 2.87. The van der Waals surface area contributed by atoms with E-state index in [9.17, 15) is 15.4 Å². The molecule has 0 bridgehead atoms. The lowest BCUT2D eigenvalue weighted by Gasteiger charge is -2.23. The molecule has 0 aliphatic heterocycles. The number of hydrogen-bond acceptors (Lipinski definition) is 5. The van der Waals surface area contributed by atoms with Crippen molar-refractivity contribution in [1.82, 2.24) is 5.32 Å². The third kappa shape index (κ3) is 4.43. The lowest BCUT2D eigenvalue weighted by atomic mass is 10.1. The summed E-state index contributed by atoms with van der Waals surface area (Å²) in [4.78, 5) is 10.5. The minimum absolute atomic E-state index is 0.0759. The number of benzene rings is 1. The van der Waals surface area contributed by atoms with Gasteiger partial charge in [0.2, 0.25) is 0 Å². The van der Waals surface area contributed by atoms with Crippen LogP contribution in [0, 0.1) is 35.3 Å². The van der Waals surface area contributed by atoms with Gasteiger partial charge < -0.3 is 4.74 Å². The van der Waals surface area contributed by atoms with Crippen LogP contribution in [-0.2, 0) is 0 Å². The second kappa shape index (κ2) is 7.04. The van der Waals surface area contributed by atoms with E-state index in [0.29, 0.717) is 16.9 Å². The molecule has 0 aliphatic rings. The van der Waals surface area contributed by atoms with Crippen LogP contribution in [0.5, 0.6) is 5.75 Å². The molecule has 6 nitrogen and oxygen atoms in total. The van der Waals surface area contributed by atoms with Gasteiger partial charge in [0, 0.05) is 11.6 Å². The van der Waals surface area contributed by atoms with Gasteiger partial charge in [-0.1, -0.05) is 6.92 Å². The number of nitro groups is 1. The van der Waals surface area contributed by atoms with Crippen LogP contribution in [-0.4, -0.2) is 23.6 Å². The standard InChI is InChI=1S/C15H21N3O3/c1-5-6-17-15(4,9-16)10-21-14-8-11(2)13(18(19)20)7-12(14)3/h7-8,17H,5-6,10H2,1-4H3. The molecule has 0 saturated heterocycles. The maximum atomic E-state index is 10.9. The van der Waals surface area contributed by atoms with Crippen molar-refractivity contribution in [2.75, 3.05) is 13.2 Å². The Morgan fingerprint density at radius 3 is 2.62 bits per heavy atom. The molecule has 1 aromatic rings. The van der Waals surface area contributed by atoms with Crippen molar-refractivity contribution in [3.63, 3.8) is 0 Å². The Hall–Kier alpha value is -2.13. The van der Waals surface area contributed by atoms with E-state index in [1.807, 2.05) is 6.92 Å². The molecule has 0 radical (unpaired) electrons. The molecule has 0 saturated carbocycles. The molecule has 0 heterocycles. The smallest absolute Gasteiger partial charge is 0.272 e. The molecule has 21 heavy (non-hydrogen) atoms. The van der Waals surface area contributed by atoms with Gasteiger partial charge in [0.15, 0.2) is 0 Å². The zero-order valence-electron chi connectivity index (χ0n) is 12.9. The van der Waals surface area contributed by atoms with Crippen molar-refractivity contribution in [3.05, 3.63) is 33.4 Å². The molecule has 1 aromatic carbocycles. The molecule has 0 spiro atoms. The Bertz CT molecular complexity index is 566. The van der Waals surface area contributed by atoms with Crippen LogP contribution in [0.2, 0.25) is 0 Å². The van der Waals surface area contributed by atoms with Gasteiger partial charge >= 0.3 is 0 Å². The summed E-state index contributed by atoms with van der Waals surface area (Å²) in [6.07, 6.45) is 0.924. The number of nitrogens with zero attached hydrogens (tertiary/aromatic N) is 2. The number of ether oxygens (including phenoxy) is 1. The predicted molar refractivity (Wildman–Crippen MR) is 80.4 cm³/mol. The minimum Gasteiger partial charge on any atom is -0.490 e. The van der Waals surface area contributed by atoms with Crippen molar-refractivity contribution in [2.45, 2.75) is 39.7 Å². The average molecular weight is 291 g/mol. The van der Waals surface area contributed by atoms with E-state index in [-0.39, 0.29) is 12.3 Å². The number of aryl methyl sites for hydroxylation is 2. The fraction of sp³-hybridized carbons (Fsp3) is 0.533. The SMILES string of the molecule is CCCNC(C)(C#N)COc1cc(C)c([N+](=O)[O-])cc1C. The summed E-state index contributed by atoms with van der Waals surface area (Å²) in [6.45, 7) is 8.13. The number of nitro benzene ring substituents is 1. The van der Waals surface area contributed by atoms with E-state index in [2.05, 4.69) is 11.4 Å². The maximum absolute atomic E-state index is 10.9. The largest absolute Gasteiger partial charge is 0.490 e. The number of rotatable bonds is 7. The van der Waals surface area contributed by atoms with Crippen LogP contribution in [0.4, 0.5) is 5.69 Å². The molecule has 1 N–H and O–H groups in total. The lowest BCUT2D eigenvalue weighted by molar-refractivity contribution is -0.385. The second-order valence-corrected chi connectivity index (χ2v) is 5.32. The zero-order valence-corrected chi connectivity index (χ0v) is 12.9. The van der Waals surface area contributed by atoms with Gasteiger partial charge in [0.25, 0.3) is 5.69 Å². The van der Waals surface area contributed by atoms with Crippen molar-refractivity contribution in [1.29, 1.82) is 5.26 Å². The fourth-order valence-electron chi connectivity index (χ4n) is 1.87. The van der Waals surface area contributed by atoms with Crippen molar-refractivity contribution < 1.29 is 9.66 Å². The Morgan fingerprint density at radius 2 is 2.10 bits per heavy atom. The van der Waals surface area contributed by atoms with E-state index in [0.717, 1.165) is 13.0 Å². The van der Waals surface area contributed by atoms with E-state index in [1.54, 1.807) is 26.8 Å². The van der Waals surface area contributed by atoms with Gasteiger partial charge in [-0.05, 0) is 45.4 Å². The van der Waals surface area contributed by atoms with Gasteiger partial charge in [-0.2, -0.15) is 5.26 Å². The molecule has 0 amide bonds. The first kappa shape index (κ1) is 16.9. The second-order valence-electron chi connectivity index (χ2n) is 5.32. The highest BCUT2D eigenvalue weighted by molar-refractivity contribution is 5.49. The first-order valence-corrected chi connectivity index (χ1v) is 6.87. The van der Waals surface area contributed by atoms with E-state index < -0.39 is 10.5 Å². The third-order valence-electron chi connectivity index (χ3n) is 3.22. The van der Waals surface area contributed by atoms with Crippen LogP contribution in [0.3, 0.4) is 0 Å². The van der Waals surface area contributed by atoms with Gasteiger partial charge in [-0.15, -0.1) is 0 Å². The van der Waals surface area contributed by atoms with Crippen LogP contribution in [0.25, 0.3) is 0 Å². The zero-order chi connectivity index (χ0) is 16.0. The van der Waals surface area contributed by atoms with Crippen LogP contribution >= 0.6 is 0 Å². The van der Waals surface area contributed by atoms with Crippen LogP contribution < -0.4 is 10.1 Å². The van der Waals surface area contributed by atoms with Crippen molar-refractivity contribution >= 4 is 5.69 Å². The Labute approximate surface area is 124 Å². The molecule has 0 aliphatic carbocycles. The van der Waals surface area contributed by atoms with Crippen molar-refractivity contribution in [3.8, 4) is 11.8 Å². The lowest BCUT2D eigenvalue weighted by Crippen LogP contribution is -2.46. The van der Waals surface area contributed by atoms with Crippen molar-refractivity contribution in [2.24, 2.45) is 0 Å². The highest BCUT2D eigenvalue weighted by Crippen LogP contribution is 2.28. The molecule has 1 unspecified atom stereocenters. The Morgan fingerprint density at radius 1 is 1.43 bits per heavy atom. The van der Waals surface area contributed by atoms with Gasteiger partial charge in [-0.25, -0.2) is 0 Å². The van der Waals surface area contributed by atoms with Gasteiger partial charge in [-0.3, -0.25) is 15.4 Å². The molecule has 114 valence electrons. The van der Waals surface area contributed by atoms with E-state index in [4.69, 9.17) is 4.74 Å². The monoisotopic (exact) mass is 291 g/mol. The molecule has 0 fully saturated rings. The van der Waals surface area contributed by atoms with Crippen LogP contribution in [0.1, 0.15) is 31.4 Å². The molecule has 0 aromatic heterocycles. The fourth-order valence-corrected chi connectivity index (χ4v) is 1.87. The molecule has 1 atom stereocenters. The van der Waals surface area contributed by atoms with E-state index >= 15 is 0 Å². The summed E-state index contributed by atoms with van der Waals surface area (Å²) in [5.74, 6) is 0.567. The maximum Gasteiger partial charge on any atom is 0.272 e. The summed E-state index contributed by atoms with van der Waals surface area (Å²) in [5, 5.41) is 23.3. The summed E-state index contributed by atoms with van der Waals surface area (Å²) in [5.41, 5.74) is 0.522. The molecule has 1 rings (SSSR count). The highest BCUT2D eigenvalue weighted by Gasteiger charge is 2.24. The first-order valence-electron chi connectivity index (χ1n) is 6.87. The summed E-state index contributed by atoms with van der Waals surface area (Å²) < 4.78 is 5.70. The topological polar surface area (TPSA) is 88.2 Å². The number of nitriles is 1. The average Bonchev–Trinajstić information content (AvgIpc) is 2.45. The number of nitrogens with one attached hydrogen (secondary N) is 1.